The number of amides is 2. The molecule has 0 aliphatic heterocycles. The van der Waals surface area contributed by atoms with Crippen LogP contribution in [0.15, 0.2) is 60.8 Å². The summed E-state index contributed by atoms with van der Waals surface area (Å²) < 4.78 is 51.3. The molecule has 3 rings (SSSR count). The van der Waals surface area contributed by atoms with E-state index in [1.54, 1.807) is 19.9 Å². The van der Waals surface area contributed by atoms with Crippen LogP contribution in [0.4, 0.5) is 18.0 Å². The number of hydrogen-bond donors (Lipinski definition) is 1. The van der Waals surface area contributed by atoms with E-state index in [4.69, 9.17) is 9.47 Å². The Morgan fingerprint density at radius 2 is 1.74 bits per heavy atom. The van der Waals surface area contributed by atoms with Crippen molar-refractivity contribution in [2.24, 2.45) is 0 Å². The van der Waals surface area contributed by atoms with Crippen LogP contribution in [0.1, 0.15) is 36.1 Å². The van der Waals surface area contributed by atoms with Gasteiger partial charge in [0.15, 0.2) is 0 Å². The topological polar surface area (TPSA) is 80.8 Å². The highest BCUT2D eigenvalue weighted by Gasteiger charge is 2.32. The molecule has 1 N–H and O–H groups in total. The zero-order chi connectivity index (χ0) is 27.7. The minimum absolute atomic E-state index is 0.0588. The predicted octanol–water partition coefficient (Wildman–Crippen LogP) is 5.61. The lowest BCUT2D eigenvalue weighted by atomic mass is 9.96. The summed E-state index contributed by atoms with van der Waals surface area (Å²) in [6.45, 7) is 4.10. The van der Waals surface area contributed by atoms with Gasteiger partial charge < -0.3 is 19.7 Å². The highest BCUT2D eigenvalue weighted by Crippen LogP contribution is 2.37. The van der Waals surface area contributed by atoms with Crippen molar-refractivity contribution in [1.82, 2.24) is 15.2 Å². The maximum absolute atomic E-state index is 13.6. The first-order valence-electron chi connectivity index (χ1n) is 12.1. The number of halogens is 3. The van der Waals surface area contributed by atoms with E-state index < -0.39 is 23.7 Å². The number of nitrogens with zero attached hydrogens (tertiary/aromatic N) is 2. The molecule has 202 valence electrons. The first-order chi connectivity index (χ1) is 18.2. The normalized spacial score (nSPS) is 11.1. The molecule has 7 nitrogen and oxygen atoms in total. The van der Waals surface area contributed by atoms with Gasteiger partial charge in [-0.2, -0.15) is 13.2 Å². The largest absolute Gasteiger partial charge is 0.481 e. The molecule has 0 bridgehead atoms. The first kappa shape index (κ1) is 28.5. The average Bonchev–Trinajstić information content (AvgIpc) is 2.90. The number of pyridine rings is 1. The number of carbonyl (C=O) groups is 2. The Balaban J connectivity index is 1.98. The molecule has 0 unspecified atom stereocenters. The molecule has 0 fully saturated rings. The molecule has 1 heterocycles. The van der Waals surface area contributed by atoms with Crippen LogP contribution in [0, 0.1) is 0 Å². The van der Waals surface area contributed by atoms with Gasteiger partial charge in [-0.15, -0.1) is 0 Å². The van der Waals surface area contributed by atoms with Crippen molar-refractivity contribution in [2.75, 3.05) is 20.3 Å². The van der Waals surface area contributed by atoms with Crippen LogP contribution < -0.4 is 10.1 Å². The van der Waals surface area contributed by atoms with E-state index in [0.29, 0.717) is 16.7 Å². The monoisotopic (exact) mass is 529 g/mol. The Kier molecular flexibility index (Phi) is 9.70. The van der Waals surface area contributed by atoms with Gasteiger partial charge in [-0.1, -0.05) is 36.4 Å². The molecule has 0 radical (unpaired) electrons. The second-order valence-corrected chi connectivity index (χ2v) is 8.41. The molecular weight excluding hydrogens is 499 g/mol. The summed E-state index contributed by atoms with van der Waals surface area (Å²) in [6.07, 6.45) is -3.18. The number of methoxy groups -OCH3 is 1. The van der Waals surface area contributed by atoms with Gasteiger partial charge in [-0.25, -0.2) is 9.78 Å². The number of hydrogen-bond acceptors (Lipinski definition) is 5. The van der Waals surface area contributed by atoms with Gasteiger partial charge in [0.25, 0.3) is 0 Å². The highest BCUT2D eigenvalue weighted by molar-refractivity contribution is 5.78. The van der Waals surface area contributed by atoms with E-state index in [9.17, 15) is 22.8 Å². The lowest BCUT2D eigenvalue weighted by Crippen LogP contribution is -2.39. The van der Waals surface area contributed by atoms with Gasteiger partial charge in [-0.05, 0) is 54.3 Å². The molecule has 0 aliphatic rings. The SMILES string of the molecule is CCOC(=O)Cc1cnc(OC)c(-c2ccc(C(F)(F)F)cc2CN(CC)C(=O)NCc2ccccc2)c1. The quantitative estimate of drug-likeness (QED) is 0.345. The Bertz CT molecular complexity index is 1250. The third-order valence-corrected chi connectivity index (χ3v) is 5.79. The molecule has 0 saturated carbocycles. The van der Waals surface area contributed by atoms with Crippen LogP contribution in [0.2, 0.25) is 0 Å². The summed E-state index contributed by atoms with van der Waals surface area (Å²) in [5.74, 6) is -0.277. The van der Waals surface area contributed by atoms with Crippen molar-refractivity contribution in [2.45, 2.75) is 39.5 Å². The Morgan fingerprint density at radius 3 is 2.37 bits per heavy atom. The van der Waals surface area contributed by atoms with Crippen LogP contribution in [-0.4, -0.2) is 42.1 Å². The van der Waals surface area contributed by atoms with Gasteiger partial charge in [0, 0.05) is 31.4 Å². The fourth-order valence-corrected chi connectivity index (χ4v) is 3.91. The minimum atomic E-state index is -4.58. The number of benzene rings is 2. The summed E-state index contributed by atoms with van der Waals surface area (Å²) in [5.41, 5.74) is 1.63. The molecule has 0 saturated heterocycles. The van der Waals surface area contributed by atoms with Crippen molar-refractivity contribution < 1.29 is 32.2 Å². The number of aromatic nitrogens is 1. The highest BCUT2D eigenvalue weighted by atomic mass is 19.4. The van der Waals surface area contributed by atoms with Gasteiger partial charge in [0.05, 0.1) is 25.7 Å². The molecule has 38 heavy (non-hydrogen) atoms. The molecule has 0 atom stereocenters. The second-order valence-electron chi connectivity index (χ2n) is 8.41. The molecule has 3 aromatic rings. The van der Waals surface area contributed by atoms with E-state index in [2.05, 4.69) is 10.3 Å². The van der Waals surface area contributed by atoms with Crippen LogP contribution >= 0.6 is 0 Å². The number of urea groups is 1. The standard InChI is InChI=1S/C28H30F3N3O4/c1-4-34(27(36)33-16-19-9-7-6-8-10-19)18-21-15-22(28(29,30)31)11-12-23(21)24-13-20(14-25(35)38-5-2)17-32-26(24)37-3/h6-13,15,17H,4-5,14,16,18H2,1-3H3,(H,33,36). The number of alkyl halides is 3. The Labute approximate surface area is 219 Å². The van der Waals surface area contributed by atoms with Crippen molar-refractivity contribution in [1.29, 1.82) is 0 Å². The van der Waals surface area contributed by atoms with Crippen LogP contribution in [-0.2, 0) is 35.2 Å². The number of rotatable bonds is 10. The van der Waals surface area contributed by atoms with Crippen LogP contribution in [0.3, 0.4) is 0 Å². The Hall–Kier alpha value is -4.08. The third kappa shape index (κ3) is 7.47. The molecule has 10 heteroatoms. The number of carbonyl (C=O) groups excluding carboxylic acids is 2. The predicted molar refractivity (Wildman–Crippen MR) is 136 cm³/mol. The summed E-state index contributed by atoms with van der Waals surface area (Å²) in [6, 6.07) is 13.9. The van der Waals surface area contributed by atoms with Crippen molar-refractivity contribution in [3.05, 3.63) is 83.0 Å². The van der Waals surface area contributed by atoms with Gasteiger partial charge in [0.2, 0.25) is 5.88 Å². The lowest BCUT2D eigenvalue weighted by Gasteiger charge is -2.24. The molecule has 2 aromatic carbocycles. The van der Waals surface area contributed by atoms with Crippen LogP contribution in [0.25, 0.3) is 11.1 Å². The minimum Gasteiger partial charge on any atom is -0.481 e. The summed E-state index contributed by atoms with van der Waals surface area (Å²) in [7, 11) is 1.40. The van der Waals surface area contributed by atoms with E-state index in [1.165, 1.54) is 24.3 Å². The van der Waals surface area contributed by atoms with Crippen molar-refractivity contribution in [3.63, 3.8) is 0 Å². The molecule has 1 aromatic heterocycles. The van der Waals surface area contributed by atoms with Gasteiger partial charge >= 0.3 is 18.2 Å². The summed E-state index contributed by atoms with van der Waals surface area (Å²) >= 11 is 0. The molecule has 0 aliphatic carbocycles. The molecule has 0 spiro atoms. The number of ether oxygens (including phenoxy) is 2. The van der Waals surface area contributed by atoms with E-state index in [1.807, 2.05) is 30.3 Å². The molecular formula is C28H30F3N3O4. The maximum atomic E-state index is 13.6. The van der Waals surface area contributed by atoms with Gasteiger partial charge in [0.1, 0.15) is 0 Å². The maximum Gasteiger partial charge on any atom is 0.416 e. The Morgan fingerprint density at radius 1 is 1.00 bits per heavy atom. The second kappa shape index (κ2) is 12.9. The van der Waals surface area contributed by atoms with E-state index >= 15 is 0 Å². The number of esters is 1. The fourth-order valence-electron chi connectivity index (χ4n) is 3.91. The zero-order valence-electron chi connectivity index (χ0n) is 21.5. The third-order valence-electron chi connectivity index (χ3n) is 5.79. The summed E-state index contributed by atoms with van der Waals surface area (Å²) in [4.78, 5) is 30.6. The fraction of sp³-hybridized carbons (Fsp3) is 0.321. The average molecular weight is 530 g/mol. The smallest absolute Gasteiger partial charge is 0.416 e. The summed E-state index contributed by atoms with van der Waals surface area (Å²) in [5, 5.41) is 2.82. The zero-order valence-corrected chi connectivity index (χ0v) is 21.5. The number of nitrogens with one attached hydrogen (secondary N) is 1. The first-order valence-corrected chi connectivity index (χ1v) is 12.1. The van der Waals surface area contributed by atoms with Crippen molar-refractivity contribution >= 4 is 12.0 Å². The van der Waals surface area contributed by atoms with Crippen LogP contribution in [0.5, 0.6) is 5.88 Å². The lowest BCUT2D eigenvalue weighted by molar-refractivity contribution is -0.142. The van der Waals surface area contributed by atoms with E-state index in [0.717, 1.165) is 17.7 Å². The van der Waals surface area contributed by atoms with E-state index in [-0.39, 0.29) is 44.1 Å². The molecule has 2 amide bonds. The van der Waals surface area contributed by atoms with Gasteiger partial charge in [-0.3, -0.25) is 4.79 Å². The van der Waals surface area contributed by atoms with Crippen molar-refractivity contribution in [3.8, 4) is 17.0 Å².